The monoisotopic (exact) mass is 255 g/mol. The number of halogens is 1. The van der Waals surface area contributed by atoms with Crippen molar-refractivity contribution in [3.05, 3.63) is 34.9 Å². The summed E-state index contributed by atoms with van der Waals surface area (Å²) in [5.74, 6) is -0.586. The van der Waals surface area contributed by atoms with Gasteiger partial charge in [0.15, 0.2) is 5.71 Å². The average molecular weight is 256 g/mol. The van der Waals surface area contributed by atoms with Crippen LogP contribution in [-0.2, 0) is 16.0 Å². The Morgan fingerprint density at radius 2 is 2.29 bits per heavy atom. The van der Waals surface area contributed by atoms with Gasteiger partial charge in [0, 0.05) is 11.4 Å². The highest BCUT2D eigenvalue weighted by Crippen LogP contribution is 2.12. The maximum Gasteiger partial charge on any atom is 0.356 e. The first-order valence-corrected chi connectivity index (χ1v) is 5.67. The van der Waals surface area contributed by atoms with Crippen molar-refractivity contribution in [1.82, 2.24) is 0 Å². The molecule has 0 fully saturated rings. The second-order valence-corrected chi connectivity index (χ2v) is 3.83. The zero-order valence-corrected chi connectivity index (χ0v) is 10.3. The quantitative estimate of drug-likeness (QED) is 0.381. The van der Waals surface area contributed by atoms with Gasteiger partial charge in [-0.15, -0.1) is 0 Å². The molecule has 0 aliphatic carbocycles. The van der Waals surface area contributed by atoms with Gasteiger partial charge in [0.2, 0.25) is 0 Å². The van der Waals surface area contributed by atoms with E-state index < -0.39 is 5.97 Å². The third kappa shape index (κ3) is 4.44. The van der Waals surface area contributed by atoms with Gasteiger partial charge in [-0.2, -0.15) is 0 Å². The van der Waals surface area contributed by atoms with E-state index in [1.54, 1.807) is 13.0 Å². The second-order valence-electron chi connectivity index (χ2n) is 3.40. The molecule has 0 saturated carbocycles. The van der Waals surface area contributed by atoms with E-state index in [1.807, 2.05) is 18.2 Å². The summed E-state index contributed by atoms with van der Waals surface area (Å²) in [4.78, 5) is 11.3. The zero-order chi connectivity index (χ0) is 12.7. The number of nitrogens with zero attached hydrogens (tertiary/aromatic N) is 1. The van der Waals surface area contributed by atoms with Crippen molar-refractivity contribution >= 4 is 23.3 Å². The third-order valence-corrected chi connectivity index (χ3v) is 2.41. The summed E-state index contributed by atoms with van der Waals surface area (Å²) in [6.45, 7) is 1.96. The van der Waals surface area contributed by atoms with Gasteiger partial charge in [0.25, 0.3) is 0 Å². The van der Waals surface area contributed by atoms with Crippen LogP contribution in [0, 0.1) is 0 Å². The Balaban J connectivity index is 2.57. The van der Waals surface area contributed by atoms with E-state index in [1.165, 1.54) is 0 Å². The number of benzene rings is 1. The molecular weight excluding hydrogens is 242 g/mol. The molecule has 0 heterocycles. The van der Waals surface area contributed by atoms with Crippen LogP contribution in [0.1, 0.15) is 18.9 Å². The molecule has 0 aliphatic heterocycles. The molecule has 0 aliphatic rings. The van der Waals surface area contributed by atoms with Crippen molar-refractivity contribution in [3.63, 3.8) is 0 Å². The highest BCUT2D eigenvalue weighted by Gasteiger charge is 2.13. The maximum absolute atomic E-state index is 11.3. The van der Waals surface area contributed by atoms with Crippen molar-refractivity contribution in [2.75, 3.05) is 6.61 Å². The van der Waals surface area contributed by atoms with Gasteiger partial charge in [0.05, 0.1) is 6.61 Å². The molecule has 5 heteroatoms. The van der Waals surface area contributed by atoms with E-state index >= 15 is 0 Å². The van der Waals surface area contributed by atoms with Crippen LogP contribution >= 0.6 is 11.6 Å². The van der Waals surface area contributed by atoms with Crippen molar-refractivity contribution in [2.45, 2.75) is 19.8 Å². The molecule has 0 spiro atoms. The lowest BCUT2D eigenvalue weighted by Gasteiger charge is -2.04. The van der Waals surface area contributed by atoms with Gasteiger partial charge in [-0.1, -0.05) is 28.9 Å². The smallest absolute Gasteiger partial charge is 0.356 e. The SMILES string of the molecule is CCOC(=O)/C(CCc1cccc(Cl)c1)=N/O. The number of aryl methyl sites for hydroxylation is 1. The van der Waals surface area contributed by atoms with E-state index in [0.717, 1.165) is 5.56 Å². The normalized spacial score (nSPS) is 11.3. The Kier molecular flexibility index (Phi) is 5.49. The molecule has 0 radical (unpaired) electrons. The van der Waals surface area contributed by atoms with Crippen LogP contribution in [0.2, 0.25) is 5.02 Å². The van der Waals surface area contributed by atoms with Gasteiger partial charge in [0.1, 0.15) is 0 Å². The summed E-state index contributed by atoms with van der Waals surface area (Å²) in [6, 6.07) is 7.31. The van der Waals surface area contributed by atoms with Gasteiger partial charge in [-0.25, -0.2) is 4.79 Å². The number of rotatable bonds is 5. The molecule has 0 aromatic heterocycles. The molecule has 0 saturated heterocycles. The summed E-state index contributed by atoms with van der Waals surface area (Å²) in [7, 11) is 0. The molecule has 17 heavy (non-hydrogen) atoms. The number of oxime groups is 1. The standard InChI is InChI=1S/C12H14ClNO3/c1-2-17-12(15)11(14-16)7-6-9-4-3-5-10(13)8-9/h3-5,8,16H,2,6-7H2,1H3/b14-11+. The van der Waals surface area contributed by atoms with Crippen molar-refractivity contribution in [1.29, 1.82) is 0 Å². The molecule has 1 rings (SSSR count). The Morgan fingerprint density at radius 1 is 1.53 bits per heavy atom. The molecule has 0 amide bonds. The van der Waals surface area contributed by atoms with Crippen molar-refractivity contribution < 1.29 is 14.7 Å². The van der Waals surface area contributed by atoms with Crippen LogP contribution in [0.4, 0.5) is 0 Å². The van der Waals surface area contributed by atoms with Crippen LogP contribution < -0.4 is 0 Å². The molecule has 0 unspecified atom stereocenters. The molecule has 0 bridgehead atoms. The Bertz CT molecular complexity index is 418. The number of carbonyl (C=O) groups excluding carboxylic acids is 1. The van der Waals surface area contributed by atoms with Crippen LogP contribution in [-0.4, -0.2) is 23.5 Å². The zero-order valence-electron chi connectivity index (χ0n) is 9.52. The van der Waals surface area contributed by atoms with Gasteiger partial charge in [-0.3, -0.25) is 0 Å². The number of hydrogen-bond acceptors (Lipinski definition) is 4. The summed E-state index contributed by atoms with van der Waals surface area (Å²) >= 11 is 5.84. The number of hydrogen-bond donors (Lipinski definition) is 1. The van der Waals surface area contributed by atoms with Crippen LogP contribution in [0.3, 0.4) is 0 Å². The van der Waals surface area contributed by atoms with E-state index in [2.05, 4.69) is 5.16 Å². The summed E-state index contributed by atoms with van der Waals surface area (Å²) in [6.07, 6.45) is 0.883. The minimum absolute atomic E-state index is 0.0202. The topological polar surface area (TPSA) is 58.9 Å². The Hall–Kier alpha value is -1.55. The first-order valence-electron chi connectivity index (χ1n) is 5.30. The molecule has 1 N–H and O–H groups in total. The van der Waals surface area contributed by atoms with E-state index in [9.17, 15) is 4.79 Å². The molecular formula is C12H14ClNO3. The molecule has 92 valence electrons. The lowest BCUT2D eigenvalue weighted by molar-refractivity contribution is -0.135. The Morgan fingerprint density at radius 3 is 2.88 bits per heavy atom. The predicted molar refractivity (Wildman–Crippen MR) is 65.6 cm³/mol. The number of esters is 1. The minimum Gasteiger partial charge on any atom is -0.461 e. The van der Waals surface area contributed by atoms with Gasteiger partial charge < -0.3 is 9.94 Å². The predicted octanol–water partition coefficient (Wildman–Crippen LogP) is 2.67. The van der Waals surface area contributed by atoms with Crippen molar-refractivity contribution in [3.8, 4) is 0 Å². The van der Waals surface area contributed by atoms with Crippen molar-refractivity contribution in [2.24, 2.45) is 5.16 Å². The first kappa shape index (κ1) is 13.5. The lowest BCUT2D eigenvalue weighted by Crippen LogP contribution is -2.18. The fraction of sp³-hybridized carbons (Fsp3) is 0.333. The van der Waals surface area contributed by atoms with E-state index in [-0.39, 0.29) is 12.3 Å². The van der Waals surface area contributed by atoms with Crippen LogP contribution in [0.5, 0.6) is 0 Å². The van der Waals surface area contributed by atoms with Crippen LogP contribution in [0.15, 0.2) is 29.4 Å². The van der Waals surface area contributed by atoms with E-state index in [4.69, 9.17) is 21.5 Å². The minimum atomic E-state index is -0.586. The number of ether oxygens (including phenoxy) is 1. The van der Waals surface area contributed by atoms with Gasteiger partial charge in [-0.05, 0) is 31.0 Å². The lowest BCUT2D eigenvalue weighted by atomic mass is 10.1. The largest absolute Gasteiger partial charge is 0.461 e. The number of carbonyl (C=O) groups is 1. The van der Waals surface area contributed by atoms with Gasteiger partial charge >= 0.3 is 5.97 Å². The van der Waals surface area contributed by atoms with Crippen LogP contribution in [0.25, 0.3) is 0 Å². The van der Waals surface area contributed by atoms with E-state index in [0.29, 0.717) is 17.9 Å². The third-order valence-electron chi connectivity index (χ3n) is 2.17. The average Bonchev–Trinajstić information content (AvgIpc) is 2.30. The fourth-order valence-corrected chi connectivity index (χ4v) is 1.58. The summed E-state index contributed by atoms with van der Waals surface area (Å²) in [5, 5.41) is 12.3. The molecule has 0 atom stereocenters. The molecule has 1 aromatic carbocycles. The fourth-order valence-electron chi connectivity index (χ4n) is 1.36. The Labute approximate surface area is 105 Å². The highest BCUT2D eigenvalue weighted by molar-refractivity contribution is 6.36. The molecule has 1 aromatic rings. The second kappa shape index (κ2) is 6.91. The summed E-state index contributed by atoms with van der Waals surface area (Å²) in [5.41, 5.74) is 0.995. The summed E-state index contributed by atoms with van der Waals surface area (Å²) < 4.78 is 4.75. The maximum atomic E-state index is 11.3. The first-order chi connectivity index (χ1) is 8.17. The molecule has 4 nitrogen and oxygen atoms in total. The highest BCUT2D eigenvalue weighted by atomic mass is 35.5.